The highest BCUT2D eigenvalue weighted by Crippen LogP contribution is 2.02. The molecule has 4 nitrogen and oxygen atoms in total. The molecule has 1 radical (unpaired) electrons. The van der Waals surface area contributed by atoms with E-state index in [1.54, 1.807) is 6.20 Å². The zero-order chi connectivity index (χ0) is 7.40. The van der Waals surface area contributed by atoms with E-state index in [0.29, 0.717) is 6.54 Å². The number of amides is 2. The van der Waals surface area contributed by atoms with Gasteiger partial charge < -0.3 is 5.73 Å². The predicted molar refractivity (Wildman–Crippen MR) is 37.5 cm³/mol. The molecule has 0 aromatic carbocycles. The van der Waals surface area contributed by atoms with Crippen LogP contribution in [0.25, 0.3) is 0 Å². The van der Waals surface area contributed by atoms with Crippen molar-refractivity contribution in [3.8, 4) is 0 Å². The molecule has 0 spiro atoms. The van der Waals surface area contributed by atoms with Crippen molar-refractivity contribution in [2.24, 2.45) is 5.73 Å². The number of carbonyl (C=O) groups excluding carboxylic acids is 1. The van der Waals surface area contributed by atoms with Gasteiger partial charge in [0.1, 0.15) is 5.01 Å². The van der Waals surface area contributed by atoms with Gasteiger partial charge in [-0.25, -0.2) is 15.1 Å². The van der Waals surface area contributed by atoms with Gasteiger partial charge in [0.15, 0.2) is 0 Å². The lowest BCUT2D eigenvalue weighted by Gasteiger charge is -1.90. The summed E-state index contributed by atoms with van der Waals surface area (Å²) in [5, 5.41) is 6.08. The highest BCUT2D eigenvalue weighted by atomic mass is 32.1. The minimum absolute atomic E-state index is 0.299. The van der Waals surface area contributed by atoms with E-state index in [1.165, 1.54) is 11.3 Å². The smallest absolute Gasteiger partial charge is 0.334 e. The third-order valence-electron chi connectivity index (χ3n) is 0.854. The number of primary amides is 1. The molecule has 1 rings (SSSR count). The highest BCUT2D eigenvalue weighted by molar-refractivity contribution is 7.09. The molecule has 5 heteroatoms. The van der Waals surface area contributed by atoms with Gasteiger partial charge in [-0.05, 0) is 0 Å². The number of hydrogen-bond donors (Lipinski definition) is 1. The molecule has 1 aromatic heterocycles. The summed E-state index contributed by atoms with van der Waals surface area (Å²) in [7, 11) is 0. The van der Waals surface area contributed by atoms with Gasteiger partial charge in [-0.15, -0.1) is 11.3 Å². The number of urea groups is 1. The average molecular weight is 156 g/mol. The Morgan fingerprint density at radius 3 is 3.20 bits per heavy atom. The van der Waals surface area contributed by atoms with Gasteiger partial charge in [0, 0.05) is 11.6 Å². The number of rotatable bonds is 2. The van der Waals surface area contributed by atoms with Gasteiger partial charge in [-0.2, -0.15) is 0 Å². The lowest BCUT2D eigenvalue weighted by atomic mass is 10.7. The summed E-state index contributed by atoms with van der Waals surface area (Å²) < 4.78 is 0. The van der Waals surface area contributed by atoms with Crippen LogP contribution in [0.15, 0.2) is 11.6 Å². The second-order valence-electron chi connectivity index (χ2n) is 1.58. The van der Waals surface area contributed by atoms with Gasteiger partial charge in [0.2, 0.25) is 0 Å². The van der Waals surface area contributed by atoms with Crippen molar-refractivity contribution in [2.75, 3.05) is 0 Å². The van der Waals surface area contributed by atoms with Gasteiger partial charge in [-0.1, -0.05) is 0 Å². The first-order chi connectivity index (χ1) is 4.79. The second-order valence-corrected chi connectivity index (χ2v) is 2.56. The molecule has 0 aliphatic rings. The first-order valence-electron chi connectivity index (χ1n) is 2.64. The summed E-state index contributed by atoms with van der Waals surface area (Å²) in [4.78, 5) is 14.0. The molecule has 0 saturated heterocycles. The Balaban J connectivity index is 2.35. The van der Waals surface area contributed by atoms with Crippen molar-refractivity contribution in [3.05, 3.63) is 16.6 Å². The number of nitrogens with two attached hydrogens (primary N) is 1. The van der Waals surface area contributed by atoms with Gasteiger partial charge in [0.25, 0.3) is 0 Å². The van der Waals surface area contributed by atoms with Gasteiger partial charge in [-0.3, -0.25) is 0 Å². The van der Waals surface area contributed by atoms with Crippen LogP contribution in [0.5, 0.6) is 0 Å². The van der Waals surface area contributed by atoms with Crippen molar-refractivity contribution < 1.29 is 4.79 Å². The average Bonchev–Trinajstić information content (AvgIpc) is 2.34. The minimum Gasteiger partial charge on any atom is -0.350 e. The second kappa shape index (κ2) is 3.17. The van der Waals surface area contributed by atoms with Crippen LogP contribution in [0, 0.1) is 0 Å². The molecule has 0 saturated carbocycles. The fourth-order valence-electron chi connectivity index (χ4n) is 0.477. The third-order valence-corrected chi connectivity index (χ3v) is 1.62. The molecule has 53 valence electrons. The van der Waals surface area contributed by atoms with Crippen LogP contribution in [0.1, 0.15) is 5.01 Å². The van der Waals surface area contributed by atoms with Crippen LogP contribution in [-0.4, -0.2) is 11.0 Å². The molecule has 0 fully saturated rings. The summed E-state index contributed by atoms with van der Waals surface area (Å²) >= 11 is 1.45. The number of carbonyl (C=O) groups is 1. The van der Waals surface area contributed by atoms with E-state index >= 15 is 0 Å². The van der Waals surface area contributed by atoms with E-state index in [0.717, 1.165) is 5.01 Å². The maximum absolute atomic E-state index is 10.1. The Bertz CT molecular complexity index is 209. The number of hydrogen-bond acceptors (Lipinski definition) is 3. The lowest BCUT2D eigenvalue weighted by Crippen LogP contribution is -2.21. The summed E-state index contributed by atoms with van der Waals surface area (Å²) in [6.45, 7) is 0.299. The Hall–Kier alpha value is -1.10. The van der Waals surface area contributed by atoms with Crippen LogP contribution < -0.4 is 11.1 Å². The molecule has 10 heavy (non-hydrogen) atoms. The normalized spacial score (nSPS) is 9.20. The summed E-state index contributed by atoms with van der Waals surface area (Å²) in [5.74, 6) is 0. The van der Waals surface area contributed by atoms with E-state index in [-0.39, 0.29) is 0 Å². The Morgan fingerprint density at radius 1 is 1.90 bits per heavy atom. The molecule has 0 unspecified atom stereocenters. The molecular formula is C5H6N3OS. The number of thiazole rings is 1. The van der Waals surface area contributed by atoms with E-state index in [2.05, 4.69) is 10.3 Å². The highest BCUT2D eigenvalue weighted by Gasteiger charge is 1.97. The summed E-state index contributed by atoms with van der Waals surface area (Å²) in [6.07, 6.45) is 1.66. The fourth-order valence-corrected chi connectivity index (χ4v) is 1.02. The molecule has 0 atom stereocenters. The van der Waals surface area contributed by atoms with Crippen LogP contribution in [0.3, 0.4) is 0 Å². The van der Waals surface area contributed by atoms with Crippen LogP contribution in [0.2, 0.25) is 0 Å². The standard InChI is InChI=1S/C5H6N3OS/c6-5(9)8-3-4-7-1-2-10-4/h1-2H,3H2,(H2,6,9). The summed E-state index contributed by atoms with van der Waals surface area (Å²) in [6, 6.07) is -0.643. The van der Waals surface area contributed by atoms with Crippen molar-refractivity contribution in [1.29, 1.82) is 0 Å². The number of nitrogens with zero attached hydrogens (tertiary/aromatic N) is 2. The number of aromatic nitrogens is 1. The quantitative estimate of drug-likeness (QED) is 0.670. The predicted octanol–water partition coefficient (Wildman–Crippen LogP) is 0.326. The molecule has 0 bridgehead atoms. The minimum atomic E-state index is -0.643. The molecule has 2 N–H and O–H groups in total. The van der Waals surface area contributed by atoms with Crippen LogP contribution >= 0.6 is 11.3 Å². The van der Waals surface area contributed by atoms with Crippen LogP contribution in [-0.2, 0) is 6.54 Å². The Labute approximate surface area is 62.1 Å². The Morgan fingerprint density at radius 2 is 2.70 bits per heavy atom. The maximum Gasteiger partial charge on any atom is 0.334 e. The van der Waals surface area contributed by atoms with Crippen LogP contribution in [0.4, 0.5) is 4.79 Å². The third kappa shape index (κ3) is 2.02. The monoisotopic (exact) mass is 156 g/mol. The molecule has 0 aliphatic carbocycles. The van der Waals surface area contributed by atoms with E-state index < -0.39 is 6.03 Å². The first kappa shape index (κ1) is 7.01. The van der Waals surface area contributed by atoms with Crippen molar-refractivity contribution >= 4 is 17.4 Å². The zero-order valence-corrected chi connectivity index (χ0v) is 5.97. The molecular weight excluding hydrogens is 150 g/mol. The first-order valence-corrected chi connectivity index (χ1v) is 3.52. The van der Waals surface area contributed by atoms with E-state index in [9.17, 15) is 4.79 Å². The maximum atomic E-state index is 10.1. The largest absolute Gasteiger partial charge is 0.350 e. The van der Waals surface area contributed by atoms with E-state index in [4.69, 9.17) is 5.73 Å². The summed E-state index contributed by atoms with van der Waals surface area (Å²) in [5.41, 5.74) is 4.78. The van der Waals surface area contributed by atoms with Crippen molar-refractivity contribution in [1.82, 2.24) is 10.3 Å². The zero-order valence-electron chi connectivity index (χ0n) is 5.15. The van der Waals surface area contributed by atoms with Crippen molar-refractivity contribution in [3.63, 3.8) is 0 Å². The van der Waals surface area contributed by atoms with Gasteiger partial charge in [0.05, 0.1) is 6.54 Å². The SMILES string of the molecule is NC(=O)[N]Cc1nccs1. The van der Waals surface area contributed by atoms with E-state index in [1.807, 2.05) is 5.38 Å². The topological polar surface area (TPSA) is 70.1 Å². The molecule has 2 amide bonds. The molecule has 1 heterocycles. The lowest BCUT2D eigenvalue weighted by molar-refractivity contribution is 0.248. The molecule has 1 aromatic rings. The fraction of sp³-hybridized carbons (Fsp3) is 0.200. The van der Waals surface area contributed by atoms with Gasteiger partial charge >= 0.3 is 6.03 Å². The Kier molecular flexibility index (Phi) is 2.22. The molecule has 0 aliphatic heterocycles. The van der Waals surface area contributed by atoms with Crippen molar-refractivity contribution in [2.45, 2.75) is 6.54 Å².